The van der Waals surface area contributed by atoms with Gasteiger partial charge in [-0.1, -0.05) is 36.4 Å². The first-order valence-corrected chi connectivity index (χ1v) is 9.80. The number of carbonyl (C=O) groups is 2. The summed E-state index contributed by atoms with van der Waals surface area (Å²) in [7, 11) is 0. The zero-order valence-corrected chi connectivity index (χ0v) is 15.8. The fourth-order valence-electron chi connectivity index (χ4n) is 4.42. The number of para-hydroxylation sites is 2. The van der Waals surface area contributed by atoms with E-state index < -0.39 is 11.8 Å². The number of benzene rings is 2. The highest BCUT2D eigenvalue weighted by Crippen LogP contribution is 2.39. The molecule has 0 spiro atoms. The first-order valence-electron chi connectivity index (χ1n) is 9.80. The van der Waals surface area contributed by atoms with Gasteiger partial charge in [0.05, 0.1) is 5.57 Å². The van der Waals surface area contributed by atoms with Gasteiger partial charge in [-0.2, -0.15) is 0 Å². The topological polar surface area (TPSA) is 83.4 Å². The summed E-state index contributed by atoms with van der Waals surface area (Å²) in [6, 6.07) is 17.3. The Morgan fingerprint density at radius 1 is 1.03 bits per heavy atom. The highest BCUT2D eigenvalue weighted by atomic mass is 16.3. The monoisotopic (exact) mass is 387 g/mol. The molecule has 1 aromatic heterocycles. The average molecular weight is 387 g/mol. The maximum absolute atomic E-state index is 12.9. The second-order valence-electron chi connectivity index (χ2n) is 7.56. The van der Waals surface area contributed by atoms with Gasteiger partial charge in [0.1, 0.15) is 5.70 Å². The van der Waals surface area contributed by atoms with Crippen molar-refractivity contribution in [2.24, 2.45) is 5.92 Å². The normalized spacial score (nSPS) is 18.9. The van der Waals surface area contributed by atoms with Crippen molar-refractivity contribution in [1.29, 1.82) is 0 Å². The molecule has 0 saturated carbocycles. The molecule has 6 nitrogen and oxygen atoms in total. The zero-order valence-electron chi connectivity index (χ0n) is 15.8. The minimum Gasteiger partial charge on any atom is -0.396 e. The van der Waals surface area contributed by atoms with Crippen molar-refractivity contribution in [3.05, 3.63) is 71.6 Å². The van der Waals surface area contributed by atoms with Crippen LogP contribution >= 0.6 is 0 Å². The molecule has 2 aliphatic rings. The molecule has 5 rings (SSSR count). The van der Waals surface area contributed by atoms with Crippen LogP contribution in [0, 0.1) is 5.92 Å². The number of aryl methyl sites for hydroxylation is 1. The second kappa shape index (κ2) is 6.90. The molecule has 3 aromatic rings. The van der Waals surface area contributed by atoms with Gasteiger partial charge in [0.25, 0.3) is 11.8 Å². The number of fused-ring (bicyclic) bond motifs is 3. The molecule has 0 bridgehead atoms. The standard InChI is InChI=1S/C23H21N3O3/c27-13-14-10-11-26-17-9-5-4-8-16(17)19(18(26)12-14)20-21(23(29)25-22(20)28)24-15-6-2-1-3-7-15/h1-9,14,27H,10-13H2,(H2,24,25,28,29)/t14-/m1/s1. The van der Waals surface area contributed by atoms with Crippen LogP contribution in [0.1, 0.15) is 17.7 Å². The first kappa shape index (κ1) is 17.7. The van der Waals surface area contributed by atoms with E-state index in [-0.39, 0.29) is 18.2 Å². The molecule has 0 unspecified atom stereocenters. The number of hydrogen-bond donors (Lipinski definition) is 3. The van der Waals surface area contributed by atoms with Crippen molar-refractivity contribution in [3.63, 3.8) is 0 Å². The fourth-order valence-corrected chi connectivity index (χ4v) is 4.42. The number of aliphatic hydroxyl groups excluding tert-OH is 1. The van der Waals surface area contributed by atoms with E-state index in [9.17, 15) is 14.7 Å². The molecule has 6 heteroatoms. The summed E-state index contributed by atoms with van der Waals surface area (Å²) in [4.78, 5) is 25.5. The van der Waals surface area contributed by atoms with Crippen molar-refractivity contribution in [3.8, 4) is 0 Å². The van der Waals surface area contributed by atoms with Gasteiger partial charge in [-0.3, -0.25) is 14.9 Å². The van der Waals surface area contributed by atoms with E-state index in [2.05, 4.69) is 15.2 Å². The number of nitrogens with one attached hydrogen (secondary N) is 2. The molecule has 1 atom stereocenters. The van der Waals surface area contributed by atoms with Gasteiger partial charge < -0.3 is 15.0 Å². The predicted octanol–water partition coefficient (Wildman–Crippen LogP) is 2.68. The summed E-state index contributed by atoms with van der Waals surface area (Å²) in [5.74, 6) is -0.664. The van der Waals surface area contributed by atoms with Gasteiger partial charge in [-0.05, 0) is 37.0 Å². The van der Waals surface area contributed by atoms with Crippen molar-refractivity contribution in [1.82, 2.24) is 9.88 Å². The van der Waals surface area contributed by atoms with Crippen molar-refractivity contribution < 1.29 is 14.7 Å². The number of aliphatic hydroxyl groups is 1. The Labute approximate surface area is 167 Å². The molecule has 0 fully saturated rings. The Hall–Kier alpha value is -3.38. The molecular weight excluding hydrogens is 366 g/mol. The van der Waals surface area contributed by atoms with Gasteiger partial charge in [0, 0.05) is 41.0 Å². The smallest absolute Gasteiger partial charge is 0.275 e. The van der Waals surface area contributed by atoms with Gasteiger partial charge >= 0.3 is 0 Å². The van der Waals surface area contributed by atoms with Crippen LogP contribution in [0.5, 0.6) is 0 Å². The highest BCUT2D eigenvalue weighted by Gasteiger charge is 2.36. The Bertz CT molecular complexity index is 1160. The lowest BCUT2D eigenvalue weighted by molar-refractivity contribution is -0.123. The molecular formula is C23H21N3O3. The number of anilines is 1. The van der Waals surface area contributed by atoms with Crippen LogP contribution in [0.25, 0.3) is 16.5 Å². The SMILES string of the molecule is O=C1NC(=O)C(c2c3n(c4ccccc24)CC[C@@H](CO)C3)=C1Nc1ccccc1. The molecule has 0 saturated heterocycles. The number of carbonyl (C=O) groups excluding carboxylic acids is 2. The van der Waals surface area contributed by atoms with Crippen LogP contribution < -0.4 is 10.6 Å². The van der Waals surface area contributed by atoms with Crippen LogP contribution in [0.2, 0.25) is 0 Å². The number of amides is 2. The molecule has 2 aliphatic heterocycles. The Balaban J connectivity index is 1.75. The van der Waals surface area contributed by atoms with Crippen molar-refractivity contribution in [2.45, 2.75) is 19.4 Å². The fraction of sp³-hybridized carbons (Fsp3) is 0.217. The highest BCUT2D eigenvalue weighted by molar-refractivity contribution is 6.38. The van der Waals surface area contributed by atoms with Crippen LogP contribution in [-0.2, 0) is 22.6 Å². The Morgan fingerprint density at radius 3 is 2.59 bits per heavy atom. The van der Waals surface area contributed by atoms with E-state index in [0.717, 1.165) is 40.8 Å². The van der Waals surface area contributed by atoms with Crippen molar-refractivity contribution >= 4 is 34.0 Å². The summed E-state index contributed by atoms with van der Waals surface area (Å²) >= 11 is 0. The number of aromatic nitrogens is 1. The van der Waals surface area contributed by atoms with Gasteiger partial charge in [0.15, 0.2) is 0 Å². The third-order valence-electron chi connectivity index (χ3n) is 5.80. The zero-order chi connectivity index (χ0) is 20.0. The third kappa shape index (κ3) is 2.84. The summed E-state index contributed by atoms with van der Waals surface area (Å²) in [6.07, 6.45) is 1.56. The molecule has 0 radical (unpaired) electrons. The number of imide groups is 1. The minimum absolute atomic E-state index is 0.111. The van der Waals surface area contributed by atoms with Crippen LogP contribution in [0.15, 0.2) is 60.3 Å². The molecule has 2 aromatic carbocycles. The first-order chi connectivity index (χ1) is 14.2. The third-order valence-corrected chi connectivity index (χ3v) is 5.80. The number of hydrogen-bond acceptors (Lipinski definition) is 4. The summed E-state index contributed by atoms with van der Waals surface area (Å²) in [5, 5.41) is 16.3. The summed E-state index contributed by atoms with van der Waals surface area (Å²) in [5.41, 5.74) is 4.24. The van der Waals surface area contributed by atoms with E-state index in [4.69, 9.17) is 0 Å². The lowest BCUT2D eigenvalue weighted by Gasteiger charge is -2.24. The van der Waals surface area contributed by atoms with Gasteiger partial charge in [0.2, 0.25) is 0 Å². The van der Waals surface area contributed by atoms with E-state index in [0.29, 0.717) is 12.0 Å². The van der Waals surface area contributed by atoms with E-state index in [1.165, 1.54) is 0 Å². The van der Waals surface area contributed by atoms with Crippen LogP contribution in [-0.4, -0.2) is 28.1 Å². The van der Waals surface area contributed by atoms with E-state index in [1.54, 1.807) is 0 Å². The van der Waals surface area contributed by atoms with Crippen LogP contribution in [0.3, 0.4) is 0 Å². The molecule has 3 heterocycles. The second-order valence-corrected chi connectivity index (χ2v) is 7.56. The van der Waals surface area contributed by atoms with E-state index >= 15 is 0 Å². The lowest BCUT2D eigenvalue weighted by atomic mass is 9.92. The average Bonchev–Trinajstić information content (AvgIpc) is 3.21. The molecule has 146 valence electrons. The molecule has 29 heavy (non-hydrogen) atoms. The molecule has 3 N–H and O–H groups in total. The Morgan fingerprint density at radius 2 is 1.79 bits per heavy atom. The lowest BCUT2D eigenvalue weighted by Crippen LogP contribution is -2.25. The van der Waals surface area contributed by atoms with E-state index in [1.807, 2.05) is 54.6 Å². The van der Waals surface area contributed by atoms with Crippen molar-refractivity contribution in [2.75, 3.05) is 11.9 Å². The largest absolute Gasteiger partial charge is 0.396 e. The molecule has 0 aliphatic carbocycles. The summed E-state index contributed by atoms with van der Waals surface area (Å²) in [6.45, 7) is 0.894. The summed E-state index contributed by atoms with van der Waals surface area (Å²) < 4.78 is 2.22. The minimum atomic E-state index is -0.424. The number of rotatable bonds is 4. The number of nitrogens with zero attached hydrogens (tertiary/aromatic N) is 1. The van der Waals surface area contributed by atoms with Gasteiger partial charge in [-0.25, -0.2) is 0 Å². The van der Waals surface area contributed by atoms with Crippen LogP contribution in [0.4, 0.5) is 5.69 Å². The maximum atomic E-state index is 12.9. The Kier molecular flexibility index (Phi) is 4.21. The maximum Gasteiger partial charge on any atom is 0.275 e. The van der Waals surface area contributed by atoms with Gasteiger partial charge in [-0.15, -0.1) is 0 Å². The quantitative estimate of drug-likeness (QED) is 0.601. The molecule has 2 amide bonds. The predicted molar refractivity (Wildman–Crippen MR) is 111 cm³/mol.